The molecule has 0 bridgehead atoms. The number of carbonyl (C=O) groups is 2. The highest BCUT2D eigenvalue weighted by molar-refractivity contribution is 7.47. The predicted molar refractivity (Wildman–Crippen MR) is 296 cm³/mol. The molecular formula is C59H116N2O7P+. The maximum atomic E-state index is 13.5. The van der Waals surface area contributed by atoms with Gasteiger partial charge in [0.1, 0.15) is 19.3 Å². The number of phosphoric acid groups is 1. The number of amides is 1. The molecule has 3 atom stereocenters. The number of ether oxygens (including phenoxy) is 1. The largest absolute Gasteiger partial charge is 0.472 e. The van der Waals surface area contributed by atoms with Gasteiger partial charge in [-0.05, 0) is 57.4 Å². The van der Waals surface area contributed by atoms with Crippen molar-refractivity contribution >= 4 is 19.7 Å². The third kappa shape index (κ3) is 51.2. The third-order valence-corrected chi connectivity index (χ3v) is 14.4. The lowest BCUT2D eigenvalue weighted by atomic mass is 10.0. The number of nitrogens with one attached hydrogen (secondary N) is 1. The molecule has 0 aromatic carbocycles. The van der Waals surface area contributed by atoms with Crippen LogP contribution in [-0.2, 0) is 27.9 Å². The predicted octanol–water partition coefficient (Wildman–Crippen LogP) is 17.8. The Morgan fingerprint density at radius 2 is 0.841 bits per heavy atom. The number of rotatable bonds is 54. The second-order valence-electron chi connectivity index (χ2n) is 21.5. The van der Waals surface area contributed by atoms with E-state index in [0.29, 0.717) is 23.9 Å². The molecule has 3 unspecified atom stereocenters. The van der Waals surface area contributed by atoms with Gasteiger partial charge in [-0.2, -0.15) is 0 Å². The normalized spacial score (nSPS) is 13.9. The third-order valence-electron chi connectivity index (χ3n) is 13.4. The molecule has 0 aliphatic carbocycles. The molecule has 408 valence electrons. The van der Waals surface area contributed by atoms with E-state index in [1.54, 1.807) is 0 Å². The average molecular weight is 997 g/mol. The Balaban J connectivity index is 5.26. The minimum atomic E-state index is -4.44. The average Bonchev–Trinajstić information content (AvgIpc) is 3.31. The van der Waals surface area contributed by atoms with Crippen molar-refractivity contribution in [2.75, 3.05) is 40.9 Å². The molecule has 0 rings (SSSR count). The lowest BCUT2D eigenvalue weighted by Gasteiger charge is -2.27. The fraction of sp³-hybridized carbons (Fsp3) is 0.898. The van der Waals surface area contributed by atoms with Crippen LogP contribution in [0.1, 0.15) is 290 Å². The minimum absolute atomic E-state index is 0.0426. The lowest BCUT2D eigenvalue weighted by molar-refractivity contribution is -0.870. The van der Waals surface area contributed by atoms with Gasteiger partial charge in [0.15, 0.2) is 0 Å². The van der Waals surface area contributed by atoms with Gasteiger partial charge in [0.2, 0.25) is 5.91 Å². The quantitative estimate of drug-likeness (QED) is 0.0205. The van der Waals surface area contributed by atoms with Crippen molar-refractivity contribution in [3.8, 4) is 0 Å². The molecule has 0 radical (unpaired) electrons. The summed E-state index contributed by atoms with van der Waals surface area (Å²) in [5, 5.41) is 3.05. The lowest BCUT2D eigenvalue weighted by Crippen LogP contribution is -2.47. The molecular weight excluding hydrogens is 880 g/mol. The number of likely N-dealkylation sites (N-methyl/N-ethyl adjacent to an activating group) is 1. The number of unbranched alkanes of at least 4 members (excludes halogenated alkanes) is 36. The number of esters is 1. The van der Waals surface area contributed by atoms with Crippen molar-refractivity contribution in [1.82, 2.24) is 5.32 Å². The summed E-state index contributed by atoms with van der Waals surface area (Å²) in [5.41, 5.74) is 0. The monoisotopic (exact) mass is 996 g/mol. The van der Waals surface area contributed by atoms with Gasteiger partial charge in [-0.3, -0.25) is 18.6 Å². The number of quaternary nitrogens is 1. The maximum absolute atomic E-state index is 13.5. The molecule has 0 saturated heterocycles. The van der Waals surface area contributed by atoms with Crippen LogP contribution in [-0.4, -0.2) is 74.3 Å². The molecule has 0 aliphatic rings. The number of hydrogen-bond acceptors (Lipinski definition) is 6. The van der Waals surface area contributed by atoms with E-state index in [1.165, 1.54) is 199 Å². The van der Waals surface area contributed by atoms with Crippen LogP contribution in [0.25, 0.3) is 0 Å². The molecule has 0 spiro atoms. The van der Waals surface area contributed by atoms with E-state index in [1.807, 2.05) is 33.3 Å². The van der Waals surface area contributed by atoms with Crippen LogP contribution in [0.15, 0.2) is 24.3 Å². The number of nitrogens with zero attached hydrogens (tertiary/aromatic N) is 1. The van der Waals surface area contributed by atoms with Gasteiger partial charge in [-0.25, -0.2) is 4.57 Å². The molecule has 0 aromatic rings. The molecule has 2 N–H and O–H groups in total. The first-order chi connectivity index (χ1) is 33.4. The van der Waals surface area contributed by atoms with E-state index in [2.05, 4.69) is 38.2 Å². The van der Waals surface area contributed by atoms with E-state index in [-0.39, 0.29) is 25.1 Å². The first-order valence-corrected chi connectivity index (χ1v) is 31.2. The summed E-state index contributed by atoms with van der Waals surface area (Å²) in [6, 6.07) is -0.843. The second kappa shape index (κ2) is 50.0. The van der Waals surface area contributed by atoms with Crippen molar-refractivity contribution in [3.05, 3.63) is 24.3 Å². The fourth-order valence-corrected chi connectivity index (χ4v) is 9.50. The first-order valence-electron chi connectivity index (χ1n) is 29.7. The summed E-state index contributed by atoms with van der Waals surface area (Å²) in [6.07, 6.45) is 57.4. The van der Waals surface area contributed by atoms with Gasteiger partial charge in [0.05, 0.1) is 33.8 Å². The van der Waals surface area contributed by atoms with Gasteiger partial charge in [0, 0.05) is 12.8 Å². The van der Waals surface area contributed by atoms with E-state index in [0.717, 1.165) is 57.8 Å². The van der Waals surface area contributed by atoms with E-state index < -0.39 is 20.0 Å². The zero-order chi connectivity index (χ0) is 50.8. The number of carbonyl (C=O) groups excluding carboxylic acids is 2. The van der Waals surface area contributed by atoms with E-state index >= 15 is 0 Å². The fourth-order valence-electron chi connectivity index (χ4n) is 8.76. The van der Waals surface area contributed by atoms with Gasteiger partial charge in [0.25, 0.3) is 0 Å². The van der Waals surface area contributed by atoms with Crippen LogP contribution in [0.3, 0.4) is 0 Å². The first kappa shape index (κ1) is 67.5. The minimum Gasteiger partial charge on any atom is -0.456 e. The van der Waals surface area contributed by atoms with Crippen molar-refractivity contribution in [2.45, 2.75) is 303 Å². The zero-order valence-electron chi connectivity index (χ0n) is 46.6. The van der Waals surface area contributed by atoms with Gasteiger partial charge in [-0.15, -0.1) is 0 Å². The van der Waals surface area contributed by atoms with Crippen molar-refractivity contribution < 1.29 is 37.3 Å². The SMILES string of the molecule is CCCCCCCC/C=C/CCCCCCCCCC(=O)NC(COP(=O)(O)OCC[N+](C)(C)C)C(/C=C/CCCCCCCCCCC)OC(=O)CCCCCCCCCCCCCCCCC. The smallest absolute Gasteiger partial charge is 0.456 e. The van der Waals surface area contributed by atoms with Crippen LogP contribution in [0.2, 0.25) is 0 Å². The molecule has 0 fully saturated rings. The molecule has 10 heteroatoms. The van der Waals surface area contributed by atoms with Gasteiger partial charge in [-0.1, -0.05) is 244 Å². The Bertz CT molecular complexity index is 1240. The molecule has 0 heterocycles. The molecule has 1 amide bonds. The highest BCUT2D eigenvalue weighted by Crippen LogP contribution is 2.43. The topological polar surface area (TPSA) is 111 Å². The Morgan fingerprint density at radius 1 is 0.493 bits per heavy atom. The van der Waals surface area contributed by atoms with Crippen LogP contribution in [0, 0.1) is 0 Å². The zero-order valence-corrected chi connectivity index (χ0v) is 47.5. The van der Waals surface area contributed by atoms with Crippen LogP contribution >= 0.6 is 7.82 Å². The summed E-state index contributed by atoms with van der Waals surface area (Å²) in [6.45, 7) is 7.03. The Hall–Kier alpha value is -1.51. The number of allylic oxidation sites excluding steroid dienone is 3. The summed E-state index contributed by atoms with van der Waals surface area (Å²) in [4.78, 5) is 37.6. The van der Waals surface area contributed by atoms with Crippen molar-refractivity contribution in [1.29, 1.82) is 0 Å². The number of phosphoric ester groups is 1. The molecule has 9 nitrogen and oxygen atoms in total. The summed E-state index contributed by atoms with van der Waals surface area (Å²) < 4.78 is 30.6. The molecule has 69 heavy (non-hydrogen) atoms. The highest BCUT2D eigenvalue weighted by Gasteiger charge is 2.30. The van der Waals surface area contributed by atoms with Gasteiger partial charge < -0.3 is 19.4 Å². The molecule has 0 aromatic heterocycles. The summed E-state index contributed by atoms with van der Waals surface area (Å²) in [5.74, 6) is -0.497. The van der Waals surface area contributed by atoms with Crippen LogP contribution in [0.4, 0.5) is 0 Å². The Labute approximate surface area is 428 Å². The van der Waals surface area contributed by atoms with Crippen molar-refractivity contribution in [2.24, 2.45) is 0 Å². The summed E-state index contributed by atoms with van der Waals surface area (Å²) in [7, 11) is 1.51. The van der Waals surface area contributed by atoms with Crippen molar-refractivity contribution in [3.63, 3.8) is 0 Å². The van der Waals surface area contributed by atoms with E-state index in [9.17, 15) is 19.0 Å². The van der Waals surface area contributed by atoms with Crippen LogP contribution < -0.4 is 5.32 Å². The van der Waals surface area contributed by atoms with E-state index in [4.69, 9.17) is 13.8 Å². The molecule has 0 aliphatic heterocycles. The maximum Gasteiger partial charge on any atom is 0.472 e. The standard InChI is InChI=1S/C59H115N2O7P/c1-7-10-13-16-19-22-25-27-29-30-32-33-36-39-42-45-48-51-58(62)60-56(55-67-69(64,65)66-54-53-61(4,5)6)57(50-47-44-41-38-35-24-21-18-15-12-9-3)68-59(63)52-49-46-43-40-37-34-31-28-26-23-20-17-14-11-8-2/h27,29,47,50,56-57H,7-26,28,30-46,48-49,51-55H2,1-6H3,(H-,60,62,64,65)/p+1/b29-27+,50-47+. The second-order valence-corrected chi connectivity index (χ2v) is 23.0. The molecule has 0 saturated carbocycles. The summed E-state index contributed by atoms with van der Waals surface area (Å²) >= 11 is 0. The van der Waals surface area contributed by atoms with Gasteiger partial charge >= 0.3 is 13.8 Å². The number of hydrogen-bond donors (Lipinski definition) is 2. The highest BCUT2D eigenvalue weighted by atomic mass is 31.2. The Kier molecular flexibility index (Phi) is 48.9. The Morgan fingerprint density at radius 3 is 1.23 bits per heavy atom. The van der Waals surface area contributed by atoms with Crippen LogP contribution in [0.5, 0.6) is 0 Å².